The second-order valence-corrected chi connectivity index (χ2v) is 11.2. The molecule has 1 N–H and O–H groups in total. The molecule has 0 radical (unpaired) electrons. The molecule has 0 saturated heterocycles. The van der Waals surface area contributed by atoms with Gasteiger partial charge in [0, 0.05) is 5.02 Å². The maximum atomic E-state index is 14.2. The van der Waals surface area contributed by atoms with E-state index in [1.165, 1.54) is 24.3 Å². The highest BCUT2D eigenvalue weighted by Gasteiger charge is 2.32. The maximum absolute atomic E-state index is 14.2. The van der Waals surface area contributed by atoms with Crippen molar-refractivity contribution in [1.29, 1.82) is 0 Å². The first-order valence-electron chi connectivity index (χ1n) is 15.4. The van der Waals surface area contributed by atoms with Crippen molar-refractivity contribution in [3.05, 3.63) is 138 Å². The second-order valence-electron chi connectivity index (χ2n) is 10.8. The number of benzene rings is 6. The highest BCUT2D eigenvalue weighted by Crippen LogP contribution is 2.60. The van der Waals surface area contributed by atoms with Gasteiger partial charge in [0.1, 0.15) is 40.3 Å². The number of ether oxygens (including phenoxy) is 6. The summed E-state index contributed by atoms with van der Waals surface area (Å²) >= 11 is 6.19. The van der Waals surface area contributed by atoms with Gasteiger partial charge in [0.15, 0.2) is 11.5 Å². The molecule has 9 heteroatoms. The van der Waals surface area contributed by atoms with E-state index in [4.69, 9.17) is 40.0 Å². The van der Waals surface area contributed by atoms with E-state index in [9.17, 15) is 9.50 Å². The molecular formula is C40H32ClFO7. The molecule has 7 nitrogen and oxygen atoms in total. The fourth-order valence-corrected chi connectivity index (χ4v) is 5.03. The van der Waals surface area contributed by atoms with Crippen LogP contribution in [0.15, 0.2) is 121 Å². The summed E-state index contributed by atoms with van der Waals surface area (Å²) in [6.45, 7) is 4.36. The number of hydrogen-bond acceptors (Lipinski definition) is 7. The summed E-state index contributed by atoms with van der Waals surface area (Å²) in [6.07, 6.45) is 0. The Labute approximate surface area is 288 Å². The molecule has 0 atom stereocenters. The fourth-order valence-electron chi connectivity index (χ4n) is 4.90. The SMILES string of the molecule is CCOc1ccc(Oc2c(Oc3ccc(OC)cc3)c(O)c(-c3ccc(F)cc3)c(Oc3ccc(Cl)cc3)c2Oc2ccc(C)cc2)cc1. The van der Waals surface area contributed by atoms with Crippen LogP contribution in [0.4, 0.5) is 4.39 Å². The lowest BCUT2D eigenvalue weighted by Crippen LogP contribution is -2.01. The van der Waals surface area contributed by atoms with Crippen molar-refractivity contribution in [1.82, 2.24) is 0 Å². The van der Waals surface area contributed by atoms with Crippen molar-refractivity contribution < 1.29 is 37.9 Å². The Morgan fingerprint density at radius 1 is 0.551 bits per heavy atom. The third-order valence-corrected chi connectivity index (χ3v) is 7.59. The Morgan fingerprint density at radius 2 is 0.980 bits per heavy atom. The first-order chi connectivity index (χ1) is 23.8. The van der Waals surface area contributed by atoms with Crippen LogP contribution in [0, 0.1) is 12.7 Å². The zero-order valence-electron chi connectivity index (χ0n) is 26.9. The molecule has 0 aliphatic heterocycles. The minimum absolute atomic E-state index is 0.00729. The topological polar surface area (TPSA) is 75.6 Å². The van der Waals surface area contributed by atoms with Gasteiger partial charge in [-0.3, -0.25) is 0 Å². The van der Waals surface area contributed by atoms with E-state index < -0.39 is 5.82 Å². The lowest BCUT2D eigenvalue weighted by atomic mass is 10.0. The highest BCUT2D eigenvalue weighted by molar-refractivity contribution is 6.30. The molecule has 0 aliphatic rings. The predicted molar refractivity (Wildman–Crippen MR) is 187 cm³/mol. The normalized spacial score (nSPS) is 10.7. The largest absolute Gasteiger partial charge is 0.504 e. The van der Waals surface area contributed by atoms with Crippen LogP contribution >= 0.6 is 11.6 Å². The van der Waals surface area contributed by atoms with E-state index in [2.05, 4.69) is 0 Å². The first-order valence-corrected chi connectivity index (χ1v) is 15.8. The Kier molecular flexibility index (Phi) is 10.1. The summed E-state index contributed by atoms with van der Waals surface area (Å²) in [4.78, 5) is 0. The number of methoxy groups -OCH3 is 1. The van der Waals surface area contributed by atoms with Gasteiger partial charge in [-0.25, -0.2) is 4.39 Å². The zero-order valence-corrected chi connectivity index (χ0v) is 27.7. The maximum Gasteiger partial charge on any atom is 0.220 e. The molecule has 0 saturated carbocycles. The number of phenols is 1. The van der Waals surface area contributed by atoms with E-state index in [0.717, 1.165) is 5.56 Å². The van der Waals surface area contributed by atoms with Crippen molar-refractivity contribution in [3.8, 4) is 74.4 Å². The van der Waals surface area contributed by atoms with Crippen LogP contribution in [-0.4, -0.2) is 18.8 Å². The molecule has 0 heterocycles. The number of phenolic OH excluding ortho intramolecular Hbond substituents is 1. The number of hydrogen-bond donors (Lipinski definition) is 1. The lowest BCUT2D eigenvalue weighted by Gasteiger charge is -2.24. The van der Waals surface area contributed by atoms with Crippen LogP contribution in [0.5, 0.6) is 63.2 Å². The summed E-state index contributed by atoms with van der Waals surface area (Å²) in [5, 5.41) is 12.7. The van der Waals surface area contributed by atoms with Gasteiger partial charge in [-0.2, -0.15) is 0 Å². The third-order valence-electron chi connectivity index (χ3n) is 7.34. The number of halogens is 2. The predicted octanol–water partition coefficient (Wildman–Crippen LogP) is 11.7. The Morgan fingerprint density at radius 3 is 1.51 bits per heavy atom. The van der Waals surface area contributed by atoms with Crippen LogP contribution in [0.2, 0.25) is 5.02 Å². The first kappa shape index (κ1) is 33.1. The van der Waals surface area contributed by atoms with Crippen LogP contribution in [-0.2, 0) is 0 Å². The van der Waals surface area contributed by atoms with Crippen molar-refractivity contribution in [3.63, 3.8) is 0 Å². The standard InChI is InChI=1S/C40H32ClFO7/c1-4-45-30-19-23-34(24-20-30)49-40-38(47-33-21-17-29(44-3)18-22-33)36(43)35(26-7-11-28(42)12-8-26)37(46-32-15-9-27(41)10-16-32)39(40)48-31-13-5-25(2)6-14-31/h5-24,43H,4H2,1-3H3. The monoisotopic (exact) mass is 678 g/mol. The lowest BCUT2D eigenvalue weighted by molar-refractivity contribution is 0.337. The average Bonchev–Trinajstić information content (AvgIpc) is 3.11. The van der Waals surface area contributed by atoms with E-state index in [-0.39, 0.29) is 34.3 Å². The number of rotatable bonds is 12. The summed E-state index contributed by atoms with van der Waals surface area (Å²) in [6, 6.07) is 33.5. The number of aryl methyl sites for hydroxylation is 1. The van der Waals surface area contributed by atoms with Gasteiger partial charge >= 0.3 is 0 Å². The summed E-state index contributed by atoms with van der Waals surface area (Å²) in [7, 11) is 1.56. The zero-order chi connectivity index (χ0) is 34.3. The van der Waals surface area contributed by atoms with Gasteiger partial charge < -0.3 is 33.5 Å². The molecular weight excluding hydrogens is 647 g/mol. The van der Waals surface area contributed by atoms with Crippen molar-refractivity contribution in [2.75, 3.05) is 13.7 Å². The summed E-state index contributed by atoms with van der Waals surface area (Å²) < 4.78 is 51.2. The van der Waals surface area contributed by atoms with Gasteiger partial charge in [0.2, 0.25) is 17.2 Å². The quantitative estimate of drug-likeness (QED) is 0.138. The van der Waals surface area contributed by atoms with E-state index in [0.29, 0.717) is 51.7 Å². The van der Waals surface area contributed by atoms with Gasteiger partial charge in [0.25, 0.3) is 0 Å². The van der Waals surface area contributed by atoms with E-state index >= 15 is 0 Å². The van der Waals surface area contributed by atoms with Crippen LogP contribution in [0.25, 0.3) is 11.1 Å². The summed E-state index contributed by atoms with van der Waals surface area (Å²) in [5.41, 5.74) is 1.61. The molecule has 0 aliphatic carbocycles. The molecule has 0 aromatic heterocycles. The smallest absolute Gasteiger partial charge is 0.220 e. The molecule has 6 aromatic carbocycles. The molecule has 0 unspecified atom stereocenters. The Balaban J connectivity index is 1.64. The summed E-state index contributed by atoms with van der Waals surface area (Å²) in [5.74, 6) is 2.15. The average molecular weight is 679 g/mol. The van der Waals surface area contributed by atoms with Crippen molar-refractivity contribution >= 4 is 11.6 Å². The molecule has 0 spiro atoms. The van der Waals surface area contributed by atoms with Crippen LogP contribution in [0.3, 0.4) is 0 Å². The van der Waals surface area contributed by atoms with E-state index in [1.807, 2.05) is 26.0 Å². The fraction of sp³-hybridized carbons (Fsp3) is 0.100. The molecule has 6 rings (SSSR count). The van der Waals surface area contributed by atoms with Gasteiger partial charge in [-0.05, 0) is 116 Å². The minimum Gasteiger partial charge on any atom is -0.504 e. The highest BCUT2D eigenvalue weighted by atomic mass is 35.5. The Bertz CT molecular complexity index is 2010. The number of aromatic hydroxyl groups is 1. The Hall–Kier alpha value is -5.86. The third kappa shape index (κ3) is 7.83. The van der Waals surface area contributed by atoms with Crippen molar-refractivity contribution in [2.45, 2.75) is 13.8 Å². The molecule has 6 aromatic rings. The minimum atomic E-state index is -0.454. The van der Waals surface area contributed by atoms with Crippen LogP contribution < -0.4 is 28.4 Å². The second kappa shape index (κ2) is 14.9. The van der Waals surface area contributed by atoms with Gasteiger partial charge in [0.05, 0.1) is 19.3 Å². The molecule has 0 fully saturated rings. The molecule has 248 valence electrons. The van der Waals surface area contributed by atoms with Crippen molar-refractivity contribution in [2.24, 2.45) is 0 Å². The van der Waals surface area contributed by atoms with Gasteiger partial charge in [-0.15, -0.1) is 0 Å². The van der Waals surface area contributed by atoms with Crippen LogP contribution in [0.1, 0.15) is 12.5 Å². The van der Waals surface area contributed by atoms with E-state index in [1.54, 1.807) is 92.0 Å². The molecule has 0 bridgehead atoms. The molecule has 0 amide bonds. The van der Waals surface area contributed by atoms with Gasteiger partial charge in [-0.1, -0.05) is 41.4 Å². The molecule has 49 heavy (non-hydrogen) atoms.